The Bertz CT molecular complexity index is 882. The molecule has 1 aliphatic heterocycles. The molecule has 0 saturated carbocycles. The van der Waals surface area contributed by atoms with Gasteiger partial charge in [0, 0.05) is 24.2 Å². The smallest absolute Gasteiger partial charge is 0.411 e. The van der Waals surface area contributed by atoms with E-state index in [1.165, 1.54) is 26.7 Å². The topological polar surface area (TPSA) is 90.2 Å². The van der Waals surface area contributed by atoms with Crippen LogP contribution in [0.15, 0.2) is 22.4 Å². The minimum atomic E-state index is -0.670. The Hall–Kier alpha value is -2.42. The SMILES string of the molecule is CC(C)(C)OC(=O)N1CCC[C@H]1C(=O)OCc1cc(=O)n2ccsc2n1. The van der Waals surface area contributed by atoms with Crippen molar-refractivity contribution in [1.82, 2.24) is 14.3 Å². The van der Waals surface area contributed by atoms with E-state index in [1.54, 1.807) is 32.3 Å². The molecule has 1 aliphatic rings. The first kappa shape index (κ1) is 18.4. The normalized spacial score (nSPS) is 17.5. The third-order valence-corrected chi connectivity index (χ3v) is 4.63. The summed E-state index contributed by atoms with van der Waals surface area (Å²) >= 11 is 1.33. The summed E-state index contributed by atoms with van der Waals surface area (Å²) in [6, 6.07) is 0.671. The van der Waals surface area contributed by atoms with E-state index in [4.69, 9.17) is 9.47 Å². The van der Waals surface area contributed by atoms with Gasteiger partial charge in [-0.3, -0.25) is 14.1 Å². The molecule has 0 bridgehead atoms. The lowest BCUT2D eigenvalue weighted by atomic mass is 10.2. The Morgan fingerprint density at radius 1 is 1.38 bits per heavy atom. The zero-order valence-corrected chi connectivity index (χ0v) is 15.7. The van der Waals surface area contributed by atoms with Gasteiger partial charge < -0.3 is 9.47 Å². The summed E-state index contributed by atoms with van der Waals surface area (Å²) in [6.07, 6.45) is 2.36. The molecule has 0 radical (unpaired) electrons. The first-order chi connectivity index (χ1) is 12.2. The van der Waals surface area contributed by atoms with Gasteiger partial charge in [0.1, 0.15) is 18.2 Å². The molecule has 0 aromatic carbocycles. The maximum absolute atomic E-state index is 12.4. The molecule has 1 saturated heterocycles. The fourth-order valence-corrected chi connectivity index (χ4v) is 3.49. The zero-order chi connectivity index (χ0) is 18.9. The zero-order valence-electron chi connectivity index (χ0n) is 14.9. The van der Waals surface area contributed by atoms with E-state index in [1.807, 2.05) is 0 Å². The monoisotopic (exact) mass is 379 g/mol. The Kier molecular flexibility index (Phi) is 4.99. The van der Waals surface area contributed by atoms with Gasteiger partial charge in [0.15, 0.2) is 4.96 Å². The maximum atomic E-state index is 12.4. The Morgan fingerprint density at radius 3 is 2.88 bits per heavy atom. The van der Waals surface area contributed by atoms with E-state index in [0.29, 0.717) is 30.0 Å². The molecule has 0 N–H and O–H groups in total. The number of rotatable bonds is 3. The molecule has 2 aromatic rings. The summed E-state index contributed by atoms with van der Waals surface area (Å²) in [5.74, 6) is -0.512. The first-order valence-electron chi connectivity index (χ1n) is 8.37. The van der Waals surface area contributed by atoms with Crippen LogP contribution in [0.25, 0.3) is 4.96 Å². The summed E-state index contributed by atoms with van der Waals surface area (Å²) in [5, 5.41) is 1.76. The first-order valence-corrected chi connectivity index (χ1v) is 9.24. The van der Waals surface area contributed by atoms with Crippen molar-refractivity contribution in [1.29, 1.82) is 0 Å². The molecule has 0 spiro atoms. The lowest BCUT2D eigenvalue weighted by Gasteiger charge is -2.27. The van der Waals surface area contributed by atoms with Gasteiger partial charge >= 0.3 is 12.1 Å². The molecule has 2 aromatic heterocycles. The number of hydrogen-bond donors (Lipinski definition) is 0. The number of fused-ring (bicyclic) bond motifs is 1. The van der Waals surface area contributed by atoms with E-state index >= 15 is 0 Å². The largest absolute Gasteiger partial charge is 0.458 e. The molecule has 9 heteroatoms. The number of carbonyl (C=O) groups excluding carboxylic acids is 2. The fourth-order valence-electron chi connectivity index (χ4n) is 2.75. The molecular weight excluding hydrogens is 358 g/mol. The minimum absolute atomic E-state index is 0.110. The van der Waals surface area contributed by atoms with Crippen LogP contribution in [0.1, 0.15) is 39.3 Å². The van der Waals surface area contributed by atoms with Crippen LogP contribution in [0, 0.1) is 0 Å². The van der Waals surface area contributed by atoms with Crippen LogP contribution in [-0.2, 0) is 20.9 Å². The highest BCUT2D eigenvalue weighted by Gasteiger charge is 2.37. The van der Waals surface area contributed by atoms with Crippen LogP contribution in [0.2, 0.25) is 0 Å². The number of likely N-dealkylation sites (tertiary alicyclic amines) is 1. The van der Waals surface area contributed by atoms with Gasteiger partial charge in [-0.15, -0.1) is 11.3 Å². The predicted molar refractivity (Wildman–Crippen MR) is 95.1 cm³/mol. The van der Waals surface area contributed by atoms with Crippen LogP contribution in [0.5, 0.6) is 0 Å². The van der Waals surface area contributed by atoms with Crippen LogP contribution >= 0.6 is 11.3 Å². The molecule has 3 heterocycles. The van der Waals surface area contributed by atoms with Gasteiger partial charge in [-0.05, 0) is 33.6 Å². The minimum Gasteiger partial charge on any atom is -0.458 e. The van der Waals surface area contributed by atoms with Gasteiger partial charge in [0.2, 0.25) is 0 Å². The molecule has 3 rings (SSSR count). The number of aromatic nitrogens is 2. The molecule has 26 heavy (non-hydrogen) atoms. The Balaban J connectivity index is 1.64. The molecule has 1 atom stereocenters. The van der Waals surface area contributed by atoms with E-state index in [2.05, 4.69) is 4.98 Å². The van der Waals surface area contributed by atoms with Gasteiger partial charge in [-0.2, -0.15) is 0 Å². The number of carbonyl (C=O) groups is 2. The Morgan fingerprint density at radius 2 is 2.15 bits per heavy atom. The van der Waals surface area contributed by atoms with E-state index in [9.17, 15) is 14.4 Å². The number of esters is 1. The summed E-state index contributed by atoms with van der Waals surface area (Å²) < 4.78 is 12.1. The van der Waals surface area contributed by atoms with Crippen LogP contribution < -0.4 is 5.56 Å². The average molecular weight is 379 g/mol. The molecular formula is C17H21N3O5S. The fraction of sp³-hybridized carbons (Fsp3) is 0.529. The highest BCUT2D eigenvalue weighted by Crippen LogP contribution is 2.22. The van der Waals surface area contributed by atoms with Crippen LogP contribution in [0.4, 0.5) is 4.79 Å². The number of thiazole rings is 1. The number of hydrogen-bond acceptors (Lipinski definition) is 7. The number of ether oxygens (including phenoxy) is 2. The van der Waals surface area contributed by atoms with Crippen molar-refractivity contribution in [2.75, 3.05) is 6.54 Å². The number of nitrogens with zero attached hydrogens (tertiary/aromatic N) is 3. The highest BCUT2D eigenvalue weighted by molar-refractivity contribution is 7.15. The molecule has 0 unspecified atom stereocenters. The van der Waals surface area contributed by atoms with Gasteiger partial charge in [-0.25, -0.2) is 14.6 Å². The standard InChI is InChI=1S/C17H21N3O5S/c1-17(2,3)25-16(23)19-6-4-5-12(19)14(22)24-10-11-9-13(21)20-7-8-26-15(20)18-11/h7-9,12H,4-6,10H2,1-3H3/t12-/m0/s1. The summed E-state index contributed by atoms with van der Waals surface area (Å²) in [6.45, 7) is 5.67. The highest BCUT2D eigenvalue weighted by atomic mass is 32.1. The van der Waals surface area contributed by atoms with Crippen LogP contribution in [0.3, 0.4) is 0 Å². The van der Waals surface area contributed by atoms with Crippen molar-refractivity contribution in [2.24, 2.45) is 0 Å². The lowest BCUT2D eigenvalue weighted by molar-refractivity contribution is -0.150. The third kappa shape index (κ3) is 4.04. The second-order valence-electron chi connectivity index (χ2n) is 7.08. The molecule has 1 fully saturated rings. The van der Waals surface area contributed by atoms with Gasteiger partial charge in [-0.1, -0.05) is 0 Å². The maximum Gasteiger partial charge on any atom is 0.411 e. The Labute approximate surface area is 154 Å². The quantitative estimate of drug-likeness (QED) is 0.760. The van der Waals surface area contributed by atoms with Gasteiger partial charge in [0.25, 0.3) is 5.56 Å². The van der Waals surface area contributed by atoms with E-state index in [0.717, 1.165) is 0 Å². The van der Waals surface area contributed by atoms with Crippen molar-refractivity contribution in [3.05, 3.63) is 33.7 Å². The molecule has 0 aliphatic carbocycles. The molecule has 8 nitrogen and oxygen atoms in total. The van der Waals surface area contributed by atoms with Crippen LogP contribution in [-0.4, -0.2) is 44.5 Å². The summed E-state index contributed by atoms with van der Waals surface area (Å²) in [5.41, 5.74) is -0.470. The van der Waals surface area contributed by atoms with E-state index in [-0.39, 0.29) is 12.2 Å². The second-order valence-corrected chi connectivity index (χ2v) is 7.95. The van der Waals surface area contributed by atoms with Crippen molar-refractivity contribution in [2.45, 2.75) is 51.9 Å². The second kappa shape index (κ2) is 7.06. The molecule has 1 amide bonds. The third-order valence-electron chi connectivity index (χ3n) is 3.87. The van der Waals surface area contributed by atoms with Gasteiger partial charge in [0.05, 0.1) is 5.69 Å². The summed E-state index contributed by atoms with van der Waals surface area (Å²) in [4.78, 5) is 42.9. The van der Waals surface area contributed by atoms with Crippen molar-refractivity contribution < 1.29 is 19.1 Å². The molecule has 140 valence electrons. The summed E-state index contributed by atoms with van der Waals surface area (Å²) in [7, 11) is 0. The number of amides is 1. The predicted octanol–water partition coefficient (Wildman–Crippen LogP) is 2.20. The lowest BCUT2D eigenvalue weighted by Crippen LogP contribution is -2.44. The van der Waals surface area contributed by atoms with Crippen molar-refractivity contribution >= 4 is 28.4 Å². The van der Waals surface area contributed by atoms with Crippen molar-refractivity contribution in [3.63, 3.8) is 0 Å². The van der Waals surface area contributed by atoms with E-state index < -0.39 is 23.7 Å². The van der Waals surface area contributed by atoms with Crippen molar-refractivity contribution in [3.8, 4) is 0 Å². The average Bonchev–Trinajstić information content (AvgIpc) is 3.20.